The average Bonchev–Trinajstić information content (AvgIpc) is 3.21. The average molecular weight is 515 g/mol. The number of hydrogen-bond acceptors (Lipinski definition) is 9. The van der Waals surface area contributed by atoms with Gasteiger partial charge in [0.05, 0.1) is 16.8 Å². The van der Waals surface area contributed by atoms with Crippen LogP contribution in [-0.2, 0) is 36.9 Å². The highest BCUT2D eigenvalue weighted by Gasteiger charge is 2.52. The van der Waals surface area contributed by atoms with Crippen molar-refractivity contribution in [2.24, 2.45) is 7.05 Å². The lowest BCUT2D eigenvalue weighted by Gasteiger charge is -2.32. The van der Waals surface area contributed by atoms with E-state index in [0.717, 1.165) is 6.07 Å². The minimum Gasteiger partial charge on any atom is -0.422 e. The minimum absolute atomic E-state index is 0.275. The Labute approximate surface area is 208 Å². The molecule has 2 N–H and O–H groups in total. The molecule has 2 aromatic rings. The zero-order valence-electron chi connectivity index (χ0n) is 21.4. The molecule has 1 aliphatic heterocycles. The largest absolute Gasteiger partial charge is 0.510 e. The Morgan fingerprint density at radius 1 is 1.08 bits per heavy atom. The number of rotatable bonds is 2. The number of esters is 2. The number of pyridine rings is 1. The fourth-order valence-electron chi connectivity index (χ4n) is 2.73. The van der Waals surface area contributed by atoms with Crippen molar-refractivity contribution in [3.63, 3.8) is 0 Å². The number of alkyl halides is 3. The zero-order valence-corrected chi connectivity index (χ0v) is 21.4. The summed E-state index contributed by atoms with van der Waals surface area (Å²) in [6, 6.07) is 4.08. The lowest BCUT2D eigenvalue weighted by molar-refractivity contribution is -0.156. The molecule has 1 saturated heterocycles. The number of aromatic nitrogens is 3. The molecule has 1 fully saturated rings. The van der Waals surface area contributed by atoms with Crippen LogP contribution in [0.15, 0.2) is 24.4 Å². The molecular weight excluding hydrogens is 485 g/mol. The second-order valence-corrected chi connectivity index (χ2v) is 8.89. The predicted molar refractivity (Wildman–Crippen MR) is 125 cm³/mol. The van der Waals surface area contributed by atoms with Crippen LogP contribution >= 0.6 is 0 Å². The van der Waals surface area contributed by atoms with Crippen LogP contribution in [0.25, 0.3) is 0 Å². The first-order chi connectivity index (χ1) is 16.2. The second kappa shape index (κ2) is 12.0. The first-order valence-electron chi connectivity index (χ1n) is 10.7. The molecule has 3 rings (SSSR count). The summed E-state index contributed by atoms with van der Waals surface area (Å²) in [5, 5.41) is 20.8. The van der Waals surface area contributed by atoms with Gasteiger partial charge in [-0.3, -0.25) is 14.3 Å². The summed E-state index contributed by atoms with van der Waals surface area (Å²) < 4.78 is 55.4. The summed E-state index contributed by atoms with van der Waals surface area (Å²) in [5.74, 6) is -1.12. The van der Waals surface area contributed by atoms with E-state index in [2.05, 4.69) is 14.8 Å². The number of carbonyl (C=O) groups excluding carboxylic acids is 2. The van der Waals surface area contributed by atoms with Gasteiger partial charge < -0.3 is 24.1 Å². The molecule has 0 radical (unpaired) electrons. The van der Waals surface area contributed by atoms with E-state index in [1.165, 1.54) is 25.5 Å². The number of halogens is 3. The van der Waals surface area contributed by atoms with Gasteiger partial charge in [-0.15, -0.1) is 0 Å². The minimum atomic E-state index is -4.48. The molecule has 15 heteroatoms. The van der Waals surface area contributed by atoms with Crippen molar-refractivity contribution in [3.05, 3.63) is 35.8 Å². The molecule has 1 aliphatic rings. The highest BCUT2D eigenvalue weighted by Crippen LogP contribution is 2.37. The third-order valence-corrected chi connectivity index (χ3v) is 5.08. The molecule has 0 spiro atoms. The summed E-state index contributed by atoms with van der Waals surface area (Å²) in [6.45, 7) is 11.3. The molecule has 10 nitrogen and oxygen atoms in total. The highest BCUT2D eigenvalue weighted by molar-refractivity contribution is 6.62. The van der Waals surface area contributed by atoms with E-state index in [1.807, 2.05) is 27.7 Å². The number of aryl methyl sites for hydroxylation is 2. The van der Waals surface area contributed by atoms with Crippen LogP contribution in [0.1, 0.15) is 52.9 Å². The molecule has 36 heavy (non-hydrogen) atoms. The molecule has 2 aromatic heterocycles. The van der Waals surface area contributed by atoms with Crippen LogP contribution < -0.4 is 11.1 Å². The van der Waals surface area contributed by atoms with Crippen LogP contribution in [0.3, 0.4) is 0 Å². The highest BCUT2D eigenvalue weighted by atomic mass is 19.4. The van der Waals surface area contributed by atoms with Crippen molar-refractivity contribution < 1.29 is 46.9 Å². The molecule has 0 aromatic carbocycles. The van der Waals surface area contributed by atoms with Crippen molar-refractivity contribution in [2.75, 3.05) is 0 Å². The SMILES string of the molecule is CC(=O)OC(C)=O.Cc1cc(B2OC(C)(C)C(C)(C)O2)cc(C(F)(F)F)n1.Cn1ccc(B(O)O)n1. The zero-order chi connectivity index (χ0) is 28.1. The third-order valence-electron chi connectivity index (χ3n) is 5.08. The van der Waals surface area contributed by atoms with Crippen molar-refractivity contribution in [1.29, 1.82) is 0 Å². The Hall–Kier alpha value is -2.74. The van der Waals surface area contributed by atoms with Crippen LogP contribution in [-0.4, -0.2) is 62.2 Å². The van der Waals surface area contributed by atoms with E-state index in [9.17, 15) is 22.8 Å². The third kappa shape index (κ3) is 9.37. The molecule has 3 heterocycles. The summed E-state index contributed by atoms with van der Waals surface area (Å²) in [5.41, 5.74) is -1.21. The van der Waals surface area contributed by atoms with Crippen LogP contribution in [0.5, 0.6) is 0 Å². The summed E-state index contributed by atoms with van der Waals surface area (Å²) in [4.78, 5) is 23.1. The molecule has 0 atom stereocenters. The van der Waals surface area contributed by atoms with E-state index in [-0.39, 0.29) is 11.3 Å². The van der Waals surface area contributed by atoms with Gasteiger partial charge in [-0.05, 0) is 58.3 Å². The molecule has 198 valence electrons. The number of nitrogens with zero attached hydrogens (tertiary/aromatic N) is 3. The van der Waals surface area contributed by atoms with Crippen LogP contribution in [0, 0.1) is 6.92 Å². The van der Waals surface area contributed by atoms with E-state index in [1.54, 1.807) is 25.4 Å². The Morgan fingerprint density at radius 3 is 1.89 bits per heavy atom. The number of carbonyl (C=O) groups is 2. The van der Waals surface area contributed by atoms with Gasteiger partial charge in [-0.25, -0.2) is 4.98 Å². The van der Waals surface area contributed by atoms with E-state index in [0.29, 0.717) is 5.46 Å². The molecule has 0 amide bonds. The summed E-state index contributed by atoms with van der Waals surface area (Å²) >= 11 is 0. The Balaban J connectivity index is 0.000000333. The quantitative estimate of drug-likeness (QED) is 0.340. The normalized spacial score (nSPS) is 15.8. The fourth-order valence-corrected chi connectivity index (χ4v) is 2.73. The Morgan fingerprint density at radius 2 is 1.58 bits per heavy atom. The maximum atomic E-state index is 12.8. The Kier molecular flexibility index (Phi) is 10.4. The Bertz CT molecular complexity index is 1030. The first kappa shape index (κ1) is 31.3. The lowest BCUT2D eigenvalue weighted by atomic mass is 9.79. The standard InChI is InChI=1S/C13H17BF3NO2.C4H7BN2O2.C4H6O3/c1-8-6-9(7-10(18-8)13(15,16)17)14-19-11(2,3)12(4,5)20-14;1-7-3-2-4(6-7)5(8)9;1-3(5)7-4(2)6/h6-7H,1-5H3;2-3,8-9H,1H3;1-2H3. The van der Waals surface area contributed by atoms with Gasteiger partial charge in [0.2, 0.25) is 0 Å². The van der Waals surface area contributed by atoms with Gasteiger partial charge >= 0.3 is 32.4 Å². The molecule has 0 bridgehead atoms. The predicted octanol–water partition coefficient (Wildman–Crippen LogP) is 0.904. The molecule has 0 saturated carbocycles. The van der Waals surface area contributed by atoms with Gasteiger partial charge in [-0.1, -0.05) is 0 Å². The first-order valence-corrected chi connectivity index (χ1v) is 10.7. The number of ether oxygens (including phenoxy) is 1. The smallest absolute Gasteiger partial charge is 0.422 e. The number of hydrogen-bond donors (Lipinski definition) is 2. The maximum absolute atomic E-state index is 12.8. The van der Waals surface area contributed by atoms with Crippen LogP contribution in [0.2, 0.25) is 0 Å². The molecular formula is C21H30B2F3N3O7. The van der Waals surface area contributed by atoms with Gasteiger partial charge in [-0.2, -0.15) is 18.3 Å². The van der Waals surface area contributed by atoms with E-state index < -0.39 is 49.2 Å². The van der Waals surface area contributed by atoms with Gasteiger partial charge in [0.15, 0.2) is 0 Å². The summed E-state index contributed by atoms with van der Waals surface area (Å²) in [6.07, 6.45) is -2.83. The van der Waals surface area contributed by atoms with Crippen molar-refractivity contribution in [3.8, 4) is 0 Å². The lowest BCUT2D eigenvalue weighted by Crippen LogP contribution is -2.41. The topological polar surface area (TPSA) is 133 Å². The van der Waals surface area contributed by atoms with Crippen molar-refractivity contribution in [1.82, 2.24) is 14.8 Å². The molecule has 0 aliphatic carbocycles. The molecule has 0 unspecified atom stereocenters. The van der Waals surface area contributed by atoms with Gasteiger partial charge in [0, 0.05) is 32.8 Å². The fraction of sp³-hybridized carbons (Fsp3) is 0.524. The maximum Gasteiger partial charge on any atom is 0.510 e. The monoisotopic (exact) mass is 515 g/mol. The van der Waals surface area contributed by atoms with Gasteiger partial charge in [0.1, 0.15) is 5.69 Å². The summed E-state index contributed by atoms with van der Waals surface area (Å²) in [7, 11) is -0.555. The van der Waals surface area contributed by atoms with Gasteiger partial charge in [0.25, 0.3) is 0 Å². The van der Waals surface area contributed by atoms with Crippen molar-refractivity contribution >= 4 is 37.2 Å². The van der Waals surface area contributed by atoms with E-state index >= 15 is 0 Å². The van der Waals surface area contributed by atoms with Crippen LogP contribution in [0.4, 0.5) is 13.2 Å². The van der Waals surface area contributed by atoms with Crippen molar-refractivity contribution in [2.45, 2.75) is 65.8 Å². The second-order valence-electron chi connectivity index (χ2n) is 8.89. The van der Waals surface area contributed by atoms with E-state index in [4.69, 9.17) is 19.4 Å².